The maximum atomic E-state index is 12.5. The van der Waals surface area contributed by atoms with Crippen molar-refractivity contribution < 1.29 is 9.59 Å². The van der Waals surface area contributed by atoms with Crippen molar-refractivity contribution in [1.82, 2.24) is 14.8 Å². The molecule has 0 atom stereocenters. The summed E-state index contributed by atoms with van der Waals surface area (Å²) in [6.45, 7) is 10.0. The van der Waals surface area contributed by atoms with E-state index in [0.717, 1.165) is 37.2 Å². The lowest BCUT2D eigenvalue weighted by atomic mass is 10.0. The van der Waals surface area contributed by atoms with Crippen LogP contribution in [0.15, 0.2) is 36.4 Å². The molecule has 0 unspecified atom stereocenters. The van der Waals surface area contributed by atoms with Gasteiger partial charge in [-0.2, -0.15) is 0 Å². The van der Waals surface area contributed by atoms with E-state index in [4.69, 9.17) is 0 Å². The van der Waals surface area contributed by atoms with Crippen molar-refractivity contribution in [2.45, 2.75) is 53.1 Å². The highest BCUT2D eigenvalue weighted by molar-refractivity contribution is 5.92. The third-order valence-corrected chi connectivity index (χ3v) is 5.63. The number of benzene rings is 1. The van der Waals surface area contributed by atoms with Gasteiger partial charge in [0.05, 0.1) is 0 Å². The third kappa shape index (κ3) is 5.19. The molecule has 1 aliphatic heterocycles. The number of anilines is 1. The van der Waals surface area contributed by atoms with E-state index in [1.54, 1.807) is 0 Å². The molecule has 156 valence electrons. The third-order valence-electron chi connectivity index (χ3n) is 5.63. The summed E-state index contributed by atoms with van der Waals surface area (Å²) in [5, 5.41) is 5.88. The van der Waals surface area contributed by atoms with Gasteiger partial charge < -0.3 is 20.1 Å². The van der Waals surface area contributed by atoms with Gasteiger partial charge in [-0.1, -0.05) is 26.0 Å². The fraction of sp³-hybridized carbons (Fsp3) is 0.478. The molecule has 29 heavy (non-hydrogen) atoms. The number of carbonyl (C=O) groups is 2. The van der Waals surface area contributed by atoms with Crippen molar-refractivity contribution in [3.05, 3.63) is 53.3 Å². The van der Waals surface area contributed by atoms with Gasteiger partial charge in [-0.05, 0) is 56.5 Å². The van der Waals surface area contributed by atoms with Crippen LogP contribution in [0.5, 0.6) is 0 Å². The average Bonchev–Trinajstić information content (AvgIpc) is 3.05. The number of piperidine rings is 1. The first kappa shape index (κ1) is 21.0. The van der Waals surface area contributed by atoms with E-state index in [1.807, 2.05) is 43.0 Å². The van der Waals surface area contributed by atoms with E-state index in [2.05, 4.69) is 41.2 Å². The van der Waals surface area contributed by atoms with Gasteiger partial charge in [-0.15, -0.1) is 0 Å². The summed E-state index contributed by atoms with van der Waals surface area (Å²) in [5.74, 6) is -0.0526. The summed E-state index contributed by atoms with van der Waals surface area (Å²) in [6, 6.07) is 12.4. The molecular formula is C23H32N4O2. The number of urea groups is 1. The Morgan fingerprint density at radius 3 is 2.14 bits per heavy atom. The number of rotatable bonds is 5. The molecule has 1 fully saturated rings. The van der Waals surface area contributed by atoms with Crippen LogP contribution in [0.4, 0.5) is 10.5 Å². The summed E-state index contributed by atoms with van der Waals surface area (Å²) in [4.78, 5) is 26.2. The van der Waals surface area contributed by atoms with Gasteiger partial charge in [0.2, 0.25) is 5.91 Å². The van der Waals surface area contributed by atoms with Gasteiger partial charge in [0.25, 0.3) is 0 Å². The Morgan fingerprint density at radius 2 is 1.59 bits per heavy atom. The zero-order valence-corrected chi connectivity index (χ0v) is 17.9. The van der Waals surface area contributed by atoms with E-state index in [-0.39, 0.29) is 17.9 Å². The lowest BCUT2D eigenvalue weighted by Crippen LogP contribution is -2.44. The smallest absolute Gasteiger partial charge is 0.317 e. The van der Waals surface area contributed by atoms with Crippen molar-refractivity contribution in [3.8, 4) is 0 Å². The van der Waals surface area contributed by atoms with Gasteiger partial charge in [-0.25, -0.2) is 4.79 Å². The van der Waals surface area contributed by atoms with Crippen LogP contribution in [0, 0.1) is 19.8 Å². The monoisotopic (exact) mass is 396 g/mol. The number of aromatic nitrogens is 1. The number of nitrogens with zero attached hydrogens (tertiary/aromatic N) is 2. The van der Waals surface area contributed by atoms with Crippen molar-refractivity contribution in [3.63, 3.8) is 0 Å². The number of amides is 3. The first-order valence-electron chi connectivity index (χ1n) is 10.4. The molecule has 1 aromatic heterocycles. The number of hydrogen-bond acceptors (Lipinski definition) is 2. The lowest BCUT2D eigenvalue weighted by molar-refractivity contribution is -0.118. The quantitative estimate of drug-likeness (QED) is 0.794. The predicted octanol–water partition coefficient (Wildman–Crippen LogP) is 4.25. The van der Waals surface area contributed by atoms with Crippen LogP contribution >= 0.6 is 0 Å². The summed E-state index contributed by atoms with van der Waals surface area (Å²) in [6.07, 6.45) is 1.96. The molecule has 0 radical (unpaired) electrons. The normalized spacial score (nSPS) is 14.9. The summed E-state index contributed by atoms with van der Waals surface area (Å²) >= 11 is 0. The molecule has 2 N–H and O–H groups in total. The second-order valence-corrected chi connectivity index (χ2v) is 8.20. The number of hydrogen-bond donors (Lipinski definition) is 2. The summed E-state index contributed by atoms with van der Waals surface area (Å²) < 4.78 is 2.40. The van der Waals surface area contributed by atoms with E-state index in [1.165, 1.54) is 11.4 Å². The van der Waals surface area contributed by atoms with Crippen molar-refractivity contribution in [1.29, 1.82) is 0 Å². The Hall–Kier alpha value is -2.76. The first-order chi connectivity index (χ1) is 13.8. The predicted molar refractivity (Wildman–Crippen MR) is 116 cm³/mol. The van der Waals surface area contributed by atoms with Crippen LogP contribution in [0.3, 0.4) is 0 Å². The molecule has 0 saturated carbocycles. The average molecular weight is 397 g/mol. The highest BCUT2D eigenvalue weighted by atomic mass is 16.2. The fourth-order valence-electron chi connectivity index (χ4n) is 3.87. The van der Waals surface area contributed by atoms with Crippen LogP contribution in [0.25, 0.3) is 0 Å². The van der Waals surface area contributed by atoms with Crippen molar-refractivity contribution in [2.75, 3.05) is 18.4 Å². The number of likely N-dealkylation sites (tertiary alicyclic amines) is 1. The van der Waals surface area contributed by atoms with Crippen LogP contribution in [0.2, 0.25) is 0 Å². The summed E-state index contributed by atoms with van der Waals surface area (Å²) in [7, 11) is 0. The standard InChI is InChI=1S/C23H32N4O2/c1-16(2)22(28)25-20-9-7-19(8-10-20)15-24-23(29)26-13-11-21(12-14-26)27-17(3)5-6-18(27)4/h5-10,16,21H,11-15H2,1-4H3,(H,24,29)(H,25,28). The molecule has 0 aliphatic carbocycles. The van der Waals surface area contributed by atoms with Gasteiger partial charge in [0.15, 0.2) is 0 Å². The molecule has 3 rings (SSSR count). The Labute approximate surface area is 173 Å². The molecule has 6 nitrogen and oxygen atoms in total. The Balaban J connectivity index is 1.46. The number of carbonyl (C=O) groups excluding carboxylic acids is 2. The van der Waals surface area contributed by atoms with E-state index >= 15 is 0 Å². The van der Waals surface area contributed by atoms with Gasteiger partial charge in [-0.3, -0.25) is 4.79 Å². The Morgan fingerprint density at radius 1 is 1.00 bits per heavy atom. The van der Waals surface area contributed by atoms with Crippen LogP contribution in [-0.4, -0.2) is 34.5 Å². The molecule has 1 aliphatic rings. The molecule has 6 heteroatoms. The first-order valence-corrected chi connectivity index (χ1v) is 10.4. The molecule has 2 heterocycles. The molecular weight excluding hydrogens is 364 g/mol. The Bertz CT molecular complexity index is 827. The second-order valence-electron chi connectivity index (χ2n) is 8.20. The molecule has 1 aromatic carbocycles. The van der Waals surface area contributed by atoms with Crippen molar-refractivity contribution >= 4 is 17.6 Å². The van der Waals surface area contributed by atoms with Crippen LogP contribution < -0.4 is 10.6 Å². The highest BCUT2D eigenvalue weighted by Gasteiger charge is 2.24. The van der Waals surface area contributed by atoms with E-state index < -0.39 is 0 Å². The van der Waals surface area contributed by atoms with E-state index in [0.29, 0.717) is 12.6 Å². The number of aryl methyl sites for hydroxylation is 2. The molecule has 3 amide bonds. The van der Waals surface area contributed by atoms with Gasteiger partial charge >= 0.3 is 6.03 Å². The molecule has 0 bridgehead atoms. The fourth-order valence-corrected chi connectivity index (χ4v) is 3.87. The topological polar surface area (TPSA) is 66.4 Å². The SMILES string of the molecule is Cc1ccc(C)n1C1CCN(C(=O)NCc2ccc(NC(=O)C(C)C)cc2)CC1. The second kappa shape index (κ2) is 9.16. The minimum atomic E-state index is -0.0524. The minimum Gasteiger partial charge on any atom is -0.346 e. The Kier molecular flexibility index (Phi) is 6.62. The number of nitrogens with one attached hydrogen (secondary N) is 2. The lowest BCUT2D eigenvalue weighted by Gasteiger charge is -2.34. The molecule has 0 spiro atoms. The zero-order valence-electron chi connectivity index (χ0n) is 17.9. The van der Waals surface area contributed by atoms with Gasteiger partial charge in [0, 0.05) is 48.7 Å². The molecule has 2 aromatic rings. The van der Waals surface area contributed by atoms with Crippen LogP contribution in [-0.2, 0) is 11.3 Å². The van der Waals surface area contributed by atoms with Crippen LogP contribution in [0.1, 0.15) is 49.7 Å². The van der Waals surface area contributed by atoms with E-state index in [9.17, 15) is 9.59 Å². The van der Waals surface area contributed by atoms with Gasteiger partial charge in [0.1, 0.15) is 0 Å². The minimum absolute atomic E-state index is 0.000227. The zero-order chi connectivity index (χ0) is 21.0. The molecule has 1 saturated heterocycles. The summed E-state index contributed by atoms with van der Waals surface area (Å²) in [5.41, 5.74) is 4.36. The maximum absolute atomic E-state index is 12.5. The maximum Gasteiger partial charge on any atom is 0.317 e. The highest BCUT2D eigenvalue weighted by Crippen LogP contribution is 2.26. The largest absolute Gasteiger partial charge is 0.346 e. The van der Waals surface area contributed by atoms with Crippen molar-refractivity contribution in [2.24, 2.45) is 5.92 Å².